The van der Waals surface area contributed by atoms with Gasteiger partial charge in [-0.25, -0.2) is 4.90 Å². The summed E-state index contributed by atoms with van der Waals surface area (Å²) in [6, 6.07) is 9.93. The third kappa shape index (κ3) is 3.11. The van der Waals surface area contributed by atoms with Gasteiger partial charge in [-0.1, -0.05) is 0 Å². The maximum atomic E-state index is 12.5. The summed E-state index contributed by atoms with van der Waals surface area (Å²) in [4.78, 5) is 25.7. The van der Waals surface area contributed by atoms with Gasteiger partial charge < -0.3 is 4.18 Å². The minimum absolute atomic E-state index is 0.124. The Hall–Kier alpha value is -3.39. The molecule has 0 N–H and O–H groups in total. The Morgan fingerprint density at radius 1 is 0.963 bits per heavy atom. The average Bonchev–Trinajstić information content (AvgIpc) is 2.84. The Balaban J connectivity index is 1.96. The standard InChI is InChI=1S/C16H7F3N2O5S/c17-16(18,19)27(24,25)26-11-5-6-12-13(7-11)15(23)21(14(12)22)10-3-1-9(8-20)2-4-10/h1-7H. The van der Waals surface area contributed by atoms with E-state index in [1.165, 1.54) is 24.3 Å². The van der Waals surface area contributed by atoms with Crippen LogP contribution in [0.2, 0.25) is 0 Å². The highest BCUT2D eigenvalue weighted by Crippen LogP contribution is 2.33. The van der Waals surface area contributed by atoms with Crippen molar-refractivity contribution in [1.82, 2.24) is 0 Å². The van der Waals surface area contributed by atoms with Crippen molar-refractivity contribution in [3.05, 3.63) is 59.2 Å². The SMILES string of the molecule is N#Cc1ccc(N2C(=O)c3ccc(OS(=O)(=O)C(F)(F)F)cc3C2=O)cc1. The second kappa shape index (κ2) is 6.10. The molecule has 2 amide bonds. The number of carbonyl (C=O) groups is 2. The molecule has 0 bridgehead atoms. The summed E-state index contributed by atoms with van der Waals surface area (Å²) in [5, 5.41) is 8.78. The molecule has 0 radical (unpaired) electrons. The lowest BCUT2D eigenvalue weighted by molar-refractivity contribution is -0.0500. The summed E-state index contributed by atoms with van der Waals surface area (Å²) in [6.07, 6.45) is 0. The van der Waals surface area contributed by atoms with Gasteiger partial charge in [-0.15, -0.1) is 0 Å². The maximum absolute atomic E-state index is 12.5. The molecule has 3 rings (SSSR count). The van der Waals surface area contributed by atoms with Crippen LogP contribution in [-0.4, -0.2) is 25.7 Å². The summed E-state index contributed by atoms with van der Waals surface area (Å²) in [6.45, 7) is 0. The van der Waals surface area contributed by atoms with Gasteiger partial charge in [0.2, 0.25) is 0 Å². The number of halogens is 3. The second-order valence-electron chi connectivity index (χ2n) is 5.29. The molecule has 1 heterocycles. The molecule has 1 aliphatic heterocycles. The number of nitriles is 1. The number of anilines is 1. The quantitative estimate of drug-likeness (QED) is 0.449. The Morgan fingerprint density at radius 3 is 2.11 bits per heavy atom. The molecule has 0 atom stereocenters. The van der Waals surface area contributed by atoms with E-state index in [1.807, 2.05) is 6.07 Å². The topological polar surface area (TPSA) is 105 Å². The zero-order valence-electron chi connectivity index (χ0n) is 13.0. The van der Waals surface area contributed by atoms with Crippen molar-refractivity contribution in [1.29, 1.82) is 5.26 Å². The lowest BCUT2D eigenvalue weighted by Crippen LogP contribution is -2.29. The molecule has 0 saturated heterocycles. The van der Waals surface area contributed by atoms with Gasteiger partial charge in [-0.05, 0) is 42.5 Å². The van der Waals surface area contributed by atoms with E-state index >= 15 is 0 Å². The van der Waals surface area contributed by atoms with Gasteiger partial charge >= 0.3 is 15.6 Å². The number of rotatable bonds is 3. The third-order valence-corrected chi connectivity index (χ3v) is 4.58. The van der Waals surface area contributed by atoms with Gasteiger partial charge in [0.25, 0.3) is 11.8 Å². The predicted octanol–water partition coefficient (Wildman–Crippen LogP) is 2.59. The second-order valence-corrected chi connectivity index (χ2v) is 6.83. The van der Waals surface area contributed by atoms with E-state index in [1.54, 1.807) is 0 Å². The monoisotopic (exact) mass is 396 g/mol. The van der Waals surface area contributed by atoms with Crippen LogP contribution in [0.15, 0.2) is 42.5 Å². The number of nitrogens with zero attached hydrogens (tertiary/aromatic N) is 2. The van der Waals surface area contributed by atoms with E-state index in [9.17, 15) is 31.2 Å². The largest absolute Gasteiger partial charge is 0.534 e. The average molecular weight is 396 g/mol. The summed E-state index contributed by atoms with van der Waals surface area (Å²) in [7, 11) is -5.91. The van der Waals surface area contributed by atoms with E-state index in [2.05, 4.69) is 4.18 Å². The molecule has 0 spiro atoms. The van der Waals surface area contributed by atoms with Crippen LogP contribution < -0.4 is 9.08 Å². The van der Waals surface area contributed by atoms with Crippen molar-refractivity contribution in [2.75, 3.05) is 4.90 Å². The highest BCUT2D eigenvalue weighted by atomic mass is 32.2. The first kappa shape index (κ1) is 18.4. The highest BCUT2D eigenvalue weighted by molar-refractivity contribution is 7.88. The van der Waals surface area contributed by atoms with E-state index in [0.29, 0.717) is 5.56 Å². The molecule has 138 valence electrons. The fourth-order valence-corrected chi connectivity index (χ4v) is 2.82. The van der Waals surface area contributed by atoms with Gasteiger partial charge in [-0.2, -0.15) is 26.9 Å². The van der Waals surface area contributed by atoms with Gasteiger partial charge in [0.15, 0.2) is 0 Å². The Kier molecular flexibility index (Phi) is 4.16. The Bertz CT molecular complexity index is 1100. The van der Waals surface area contributed by atoms with Crippen LogP contribution in [0.4, 0.5) is 18.9 Å². The lowest BCUT2D eigenvalue weighted by Gasteiger charge is -2.13. The Morgan fingerprint density at radius 2 is 1.56 bits per heavy atom. The zero-order chi connectivity index (χ0) is 20.0. The smallest absolute Gasteiger partial charge is 0.376 e. The van der Waals surface area contributed by atoms with Crippen molar-refractivity contribution < 1.29 is 35.4 Å². The zero-order valence-corrected chi connectivity index (χ0v) is 13.8. The van der Waals surface area contributed by atoms with Gasteiger partial charge in [0.05, 0.1) is 28.4 Å². The number of amides is 2. The molecule has 0 fully saturated rings. The molecule has 11 heteroatoms. The van der Waals surface area contributed by atoms with Gasteiger partial charge in [0, 0.05) is 0 Å². The number of benzene rings is 2. The first-order valence-electron chi connectivity index (χ1n) is 7.09. The maximum Gasteiger partial charge on any atom is 0.534 e. The molecule has 0 unspecified atom stereocenters. The summed E-state index contributed by atoms with van der Waals surface area (Å²) < 4.78 is 63.4. The van der Waals surface area contributed by atoms with Crippen molar-refractivity contribution in [3.63, 3.8) is 0 Å². The predicted molar refractivity (Wildman–Crippen MR) is 84.3 cm³/mol. The first-order chi connectivity index (χ1) is 12.5. The molecule has 27 heavy (non-hydrogen) atoms. The lowest BCUT2D eigenvalue weighted by atomic mass is 10.1. The molecule has 7 nitrogen and oxygen atoms in total. The number of carbonyl (C=O) groups excluding carboxylic acids is 2. The fourth-order valence-electron chi connectivity index (χ4n) is 2.37. The van der Waals surface area contributed by atoms with Crippen LogP contribution in [0.5, 0.6) is 5.75 Å². The van der Waals surface area contributed by atoms with E-state index in [4.69, 9.17) is 5.26 Å². The number of hydrogen-bond donors (Lipinski definition) is 0. The van der Waals surface area contributed by atoms with Crippen LogP contribution in [0, 0.1) is 11.3 Å². The Labute approximate surface area is 150 Å². The summed E-state index contributed by atoms with van der Waals surface area (Å²) in [5.74, 6) is -2.37. The van der Waals surface area contributed by atoms with Crippen LogP contribution >= 0.6 is 0 Å². The molecule has 0 aliphatic carbocycles. The minimum atomic E-state index is -5.91. The van der Waals surface area contributed by atoms with E-state index < -0.39 is 33.2 Å². The molecule has 2 aromatic rings. The molecular formula is C16H7F3N2O5S. The van der Waals surface area contributed by atoms with Crippen LogP contribution in [0.1, 0.15) is 26.3 Å². The molecule has 2 aromatic carbocycles. The summed E-state index contributed by atoms with van der Waals surface area (Å²) >= 11 is 0. The first-order valence-corrected chi connectivity index (χ1v) is 8.50. The van der Waals surface area contributed by atoms with Crippen LogP contribution in [0.25, 0.3) is 0 Å². The molecular weight excluding hydrogens is 389 g/mol. The number of fused-ring (bicyclic) bond motifs is 1. The van der Waals surface area contributed by atoms with Gasteiger partial charge in [-0.3, -0.25) is 9.59 Å². The third-order valence-electron chi connectivity index (χ3n) is 3.60. The van der Waals surface area contributed by atoms with Crippen molar-refractivity contribution in [2.24, 2.45) is 0 Å². The summed E-state index contributed by atoms with van der Waals surface area (Å²) in [5.41, 5.74) is -5.63. The number of alkyl halides is 3. The molecule has 0 aromatic heterocycles. The van der Waals surface area contributed by atoms with Crippen LogP contribution in [-0.2, 0) is 10.1 Å². The fraction of sp³-hybridized carbons (Fsp3) is 0.0625. The van der Waals surface area contributed by atoms with Crippen molar-refractivity contribution in [3.8, 4) is 11.8 Å². The number of imide groups is 1. The normalized spacial score (nSPS) is 14.1. The van der Waals surface area contributed by atoms with E-state index in [-0.39, 0.29) is 16.8 Å². The van der Waals surface area contributed by atoms with Gasteiger partial charge in [0.1, 0.15) is 5.75 Å². The molecule has 1 aliphatic rings. The minimum Gasteiger partial charge on any atom is -0.376 e. The van der Waals surface area contributed by atoms with Crippen LogP contribution in [0.3, 0.4) is 0 Å². The van der Waals surface area contributed by atoms with Crippen molar-refractivity contribution >= 4 is 27.6 Å². The highest BCUT2D eigenvalue weighted by Gasteiger charge is 2.49. The van der Waals surface area contributed by atoms with Crippen molar-refractivity contribution in [2.45, 2.75) is 5.51 Å². The van der Waals surface area contributed by atoms with E-state index in [0.717, 1.165) is 23.1 Å². The number of hydrogen-bond acceptors (Lipinski definition) is 6. The molecule has 0 saturated carbocycles.